The van der Waals surface area contributed by atoms with Crippen LogP contribution in [0.15, 0.2) is 48.5 Å². The molecule has 0 unspecified atom stereocenters. The van der Waals surface area contributed by atoms with Crippen molar-refractivity contribution in [2.24, 2.45) is 5.92 Å². The number of nitriles is 1. The van der Waals surface area contributed by atoms with Gasteiger partial charge in [-0.05, 0) is 42.0 Å². The Morgan fingerprint density at radius 1 is 0.952 bits per heavy atom. The Kier molecular flexibility index (Phi) is 5.02. The average molecular weight is 275 g/mol. The zero-order valence-electron chi connectivity index (χ0n) is 12.3. The number of rotatable bonds is 3. The van der Waals surface area contributed by atoms with Crippen molar-refractivity contribution in [3.05, 3.63) is 65.2 Å². The maximum atomic E-state index is 8.75. The van der Waals surface area contributed by atoms with E-state index in [0.717, 1.165) is 16.9 Å². The second-order valence-corrected chi connectivity index (χ2v) is 5.05. The molecule has 0 atom stereocenters. The molecule has 2 heteroatoms. The minimum atomic E-state index is 0.373. The molecule has 0 aliphatic carbocycles. The quantitative estimate of drug-likeness (QED) is 0.788. The van der Waals surface area contributed by atoms with Crippen molar-refractivity contribution in [2.75, 3.05) is 0 Å². The van der Waals surface area contributed by atoms with Crippen molar-refractivity contribution in [2.45, 2.75) is 20.5 Å². The van der Waals surface area contributed by atoms with Crippen molar-refractivity contribution in [1.29, 1.82) is 5.26 Å². The minimum Gasteiger partial charge on any atom is -0.489 e. The van der Waals surface area contributed by atoms with E-state index in [1.54, 1.807) is 12.1 Å². The molecule has 104 valence electrons. The summed E-state index contributed by atoms with van der Waals surface area (Å²) in [6, 6.07) is 17.3. The zero-order valence-corrected chi connectivity index (χ0v) is 12.3. The minimum absolute atomic E-state index is 0.373. The van der Waals surface area contributed by atoms with Gasteiger partial charge in [0.1, 0.15) is 12.4 Å². The van der Waals surface area contributed by atoms with E-state index in [0.29, 0.717) is 18.1 Å². The summed E-state index contributed by atoms with van der Waals surface area (Å²) in [5.41, 5.74) is 2.69. The molecule has 0 aromatic heterocycles. The van der Waals surface area contributed by atoms with Crippen LogP contribution in [0, 0.1) is 29.1 Å². The Bertz CT molecular complexity index is 680. The van der Waals surface area contributed by atoms with Gasteiger partial charge in [-0.2, -0.15) is 5.26 Å². The lowest BCUT2D eigenvalue weighted by Gasteiger charge is -2.06. The second kappa shape index (κ2) is 7.17. The van der Waals surface area contributed by atoms with Crippen LogP contribution in [0.4, 0.5) is 0 Å². The van der Waals surface area contributed by atoms with Gasteiger partial charge in [-0.15, -0.1) is 0 Å². The summed E-state index contributed by atoms with van der Waals surface area (Å²) in [6.07, 6.45) is 0. The molecule has 0 bridgehead atoms. The van der Waals surface area contributed by atoms with Crippen molar-refractivity contribution >= 4 is 0 Å². The highest BCUT2D eigenvalue weighted by Gasteiger charge is 1.97. The van der Waals surface area contributed by atoms with Gasteiger partial charge in [0.25, 0.3) is 0 Å². The van der Waals surface area contributed by atoms with Gasteiger partial charge in [0.05, 0.1) is 11.6 Å². The molecule has 0 N–H and O–H groups in total. The number of hydrogen-bond donors (Lipinski definition) is 0. The molecule has 0 fully saturated rings. The molecular weight excluding hydrogens is 258 g/mol. The van der Waals surface area contributed by atoms with Gasteiger partial charge in [-0.25, -0.2) is 0 Å². The smallest absolute Gasteiger partial charge is 0.119 e. The highest BCUT2D eigenvalue weighted by molar-refractivity contribution is 5.38. The molecular formula is C19H17NO. The summed E-state index contributed by atoms with van der Waals surface area (Å²) in [6.45, 7) is 4.63. The molecule has 0 radical (unpaired) electrons. The molecule has 0 aliphatic rings. The van der Waals surface area contributed by atoms with E-state index >= 15 is 0 Å². The van der Waals surface area contributed by atoms with Crippen molar-refractivity contribution < 1.29 is 4.74 Å². The predicted octanol–water partition coefficient (Wildman–Crippen LogP) is 4.14. The molecule has 0 heterocycles. The van der Waals surface area contributed by atoms with Crippen LogP contribution in [0.2, 0.25) is 0 Å². The fourth-order valence-electron chi connectivity index (χ4n) is 1.70. The Morgan fingerprint density at radius 2 is 1.57 bits per heavy atom. The topological polar surface area (TPSA) is 33.0 Å². The summed E-state index contributed by atoms with van der Waals surface area (Å²) in [5.74, 6) is 7.44. The van der Waals surface area contributed by atoms with Gasteiger partial charge in [-0.1, -0.05) is 37.8 Å². The summed E-state index contributed by atoms with van der Waals surface area (Å²) in [4.78, 5) is 0. The van der Waals surface area contributed by atoms with Crippen molar-refractivity contribution in [3.63, 3.8) is 0 Å². The maximum Gasteiger partial charge on any atom is 0.119 e. The highest BCUT2D eigenvalue weighted by Crippen LogP contribution is 2.14. The third-order valence-electron chi connectivity index (χ3n) is 2.85. The third-order valence-corrected chi connectivity index (χ3v) is 2.85. The van der Waals surface area contributed by atoms with Gasteiger partial charge in [0.15, 0.2) is 0 Å². The van der Waals surface area contributed by atoms with Gasteiger partial charge >= 0.3 is 0 Å². The maximum absolute atomic E-state index is 8.75. The number of benzene rings is 2. The van der Waals surface area contributed by atoms with Gasteiger partial charge < -0.3 is 4.74 Å². The van der Waals surface area contributed by atoms with Crippen LogP contribution in [0.25, 0.3) is 0 Å². The van der Waals surface area contributed by atoms with E-state index in [1.165, 1.54) is 0 Å². The first-order valence-corrected chi connectivity index (χ1v) is 6.91. The van der Waals surface area contributed by atoms with Crippen LogP contribution in [0.5, 0.6) is 5.75 Å². The summed E-state index contributed by atoms with van der Waals surface area (Å²) >= 11 is 0. The molecule has 0 spiro atoms. The van der Waals surface area contributed by atoms with Crippen molar-refractivity contribution in [3.8, 4) is 23.7 Å². The van der Waals surface area contributed by atoms with Crippen LogP contribution in [0.3, 0.4) is 0 Å². The second-order valence-electron chi connectivity index (χ2n) is 5.05. The van der Waals surface area contributed by atoms with Gasteiger partial charge in [-0.3, -0.25) is 0 Å². The first kappa shape index (κ1) is 14.7. The molecule has 0 saturated carbocycles. The average Bonchev–Trinajstić information content (AvgIpc) is 2.52. The lowest BCUT2D eigenvalue weighted by Crippen LogP contribution is -1.95. The number of hydrogen-bond acceptors (Lipinski definition) is 2. The van der Waals surface area contributed by atoms with E-state index < -0.39 is 0 Å². The third kappa shape index (κ3) is 4.71. The monoisotopic (exact) mass is 275 g/mol. The fraction of sp³-hybridized carbons (Fsp3) is 0.211. The molecule has 2 aromatic rings. The highest BCUT2D eigenvalue weighted by atomic mass is 16.5. The fourth-order valence-corrected chi connectivity index (χ4v) is 1.70. The largest absolute Gasteiger partial charge is 0.489 e. The van der Waals surface area contributed by atoms with Gasteiger partial charge in [0, 0.05) is 11.5 Å². The number of nitrogens with zero attached hydrogens (tertiary/aromatic N) is 1. The summed E-state index contributed by atoms with van der Waals surface area (Å²) in [7, 11) is 0. The zero-order chi connectivity index (χ0) is 15.1. The van der Waals surface area contributed by atoms with E-state index in [9.17, 15) is 0 Å². The van der Waals surface area contributed by atoms with Crippen LogP contribution in [0.1, 0.15) is 30.5 Å². The molecule has 0 aliphatic heterocycles. The van der Waals surface area contributed by atoms with E-state index in [2.05, 4.69) is 31.8 Å². The van der Waals surface area contributed by atoms with E-state index in [4.69, 9.17) is 10.00 Å². The van der Waals surface area contributed by atoms with Crippen LogP contribution < -0.4 is 4.74 Å². The molecule has 0 saturated heterocycles. The van der Waals surface area contributed by atoms with Crippen LogP contribution in [-0.4, -0.2) is 0 Å². The molecule has 0 amide bonds. The lowest BCUT2D eigenvalue weighted by molar-refractivity contribution is 0.306. The molecule has 2 nitrogen and oxygen atoms in total. The number of ether oxygens (including phenoxy) is 1. The van der Waals surface area contributed by atoms with E-state index in [1.807, 2.05) is 36.4 Å². The Hall–Kier alpha value is -2.71. The van der Waals surface area contributed by atoms with Crippen LogP contribution >= 0.6 is 0 Å². The SMILES string of the molecule is CC(C)C#Cc1ccc(OCc2ccc(C#N)cc2)cc1. The van der Waals surface area contributed by atoms with Gasteiger partial charge in [0.2, 0.25) is 0 Å². The van der Waals surface area contributed by atoms with Crippen LogP contribution in [-0.2, 0) is 6.61 Å². The van der Waals surface area contributed by atoms with E-state index in [-0.39, 0.29) is 0 Å². The predicted molar refractivity (Wildman–Crippen MR) is 83.6 cm³/mol. The van der Waals surface area contributed by atoms with Crippen molar-refractivity contribution in [1.82, 2.24) is 0 Å². The first-order chi connectivity index (χ1) is 10.2. The molecule has 2 aromatic carbocycles. The molecule has 2 rings (SSSR count). The Morgan fingerprint density at radius 3 is 2.14 bits per heavy atom. The lowest BCUT2D eigenvalue weighted by atomic mass is 10.1. The Labute approximate surface area is 126 Å². The standard InChI is InChI=1S/C19H17NO/c1-15(2)3-4-16-9-11-19(12-10-16)21-14-18-7-5-17(13-20)6-8-18/h5-12,15H,14H2,1-2H3. The summed E-state index contributed by atoms with van der Waals surface area (Å²) < 4.78 is 5.72. The Balaban J connectivity index is 1.94. The molecule has 21 heavy (non-hydrogen) atoms. The first-order valence-electron chi connectivity index (χ1n) is 6.91. The normalized spacial score (nSPS) is 9.62. The summed E-state index contributed by atoms with van der Waals surface area (Å²) in [5, 5.41) is 8.75.